The average Bonchev–Trinajstić information content (AvgIpc) is 2.99. The molecule has 0 aliphatic carbocycles. The summed E-state index contributed by atoms with van der Waals surface area (Å²) >= 11 is 3.30. The first-order valence-corrected chi connectivity index (χ1v) is 6.86. The number of halogens is 2. The predicted molar refractivity (Wildman–Crippen MR) is 77.6 cm³/mol. The van der Waals surface area contributed by atoms with E-state index >= 15 is 0 Å². The third kappa shape index (κ3) is 2.51. The Morgan fingerprint density at radius 1 is 1.15 bits per heavy atom. The lowest BCUT2D eigenvalue weighted by atomic mass is 10.2. The molecule has 102 valence electrons. The maximum Gasteiger partial charge on any atom is 0.140 e. The molecule has 6 heteroatoms. The number of rotatable bonds is 3. The van der Waals surface area contributed by atoms with E-state index in [2.05, 4.69) is 25.9 Å². The normalized spacial score (nSPS) is 10.9. The monoisotopic (exact) mass is 334 g/mol. The number of benzene rings is 1. The van der Waals surface area contributed by atoms with Gasteiger partial charge in [0.2, 0.25) is 0 Å². The zero-order chi connectivity index (χ0) is 14.1. The molecule has 3 aromatic rings. The van der Waals surface area contributed by atoms with Crippen molar-refractivity contribution in [3.05, 3.63) is 59.1 Å². The summed E-state index contributed by atoms with van der Waals surface area (Å²) in [4.78, 5) is 8.61. The van der Waals surface area contributed by atoms with Gasteiger partial charge < -0.3 is 9.13 Å². The number of aromatic nitrogens is 4. The van der Waals surface area contributed by atoms with Crippen LogP contribution < -0.4 is 0 Å². The Labute approximate surface area is 124 Å². The average molecular weight is 335 g/mol. The molecule has 2 heterocycles. The number of hydrogen-bond donors (Lipinski definition) is 0. The Bertz CT molecular complexity index is 727. The zero-order valence-electron chi connectivity index (χ0n) is 10.8. The third-order valence-corrected chi connectivity index (χ3v) is 3.53. The smallest absolute Gasteiger partial charge is 0.140 e. The lowest BCUT2D eigenvalue weighted by Gasteiger charge is -2.08. The zero-order valence-corrected chi connectivity index (χ0v) is 12.4. The lowest BCUT2D eigenvalue weighted by Crippen LogP contribution is -2.06. The highest BCUT2D eigenvalue weighted by atomic mass is 79.9. The standard InChI is InChI=1S/C14H12BrFN4/c1-19-4-2-17-13(19)9-20-5-3-18-14(20)10-6-11(15)8-12(16)7-10/h2-8H,9H2,1H3. The highest BCUT2D eigenvalue weighted by Gasteiger charge is 2.10. The van der Waals surface area contributed by atoms with E-state index in [9.17, 15) is 4.39 Å². The number of nitrogens with zero attached hydrogens (tertiary/aromatic N) is 4. The van der Waals surface area contributed by atoms with Crippen molar-refractivity contribution in [2.75, 3.05) is 0 Å². The molecule has 4 nitrogen and oxygen atoms in total. The van der Waals surface area contributed by atoms with Crippen molar-refractivity contribution in [2.45, 2.75) is 6.54 Å². The second-order valence-corrected chi connectivity index (χ2v) is 5.41. The van der Waals surface area contributed by atoms with E-state index in [4.69, 9.17) is 0 Å². The Kier molecular flexibility index (Phi) is 3.40. The first-order chi connectivity index (χ1) is 9.63. The Morgan fingerprint density at radius 2 is 1.95 bits per heavy atom. The summed E-state index contributed by atoms with van der Waals surface area (Å²) in [6.45, 7) is 0.590. The minimum Gasteiger partial charge on any atom is -0.337 e. The van der Waals surface area contributed by atoms with Crippen LogP contribution in [-0.2, 0) is 13.6 Å². The van der Waals surface area contributed by atoms with Crippen LogP contribution in [0.15, 0.2) is 47.5 Å². The molecular formula is C14H12BrFN4. The summed E-state index contributed by atoms with van der Waals surface area (Å²) in [7, 11) is 1.94. The fraction of sp³-hybridized carbons (Fsp3) is 0.143. The van der Waals surface area contributed by atoms with Crippen LogP contribution in [0.5, 0.6) is 0 Å². The van der Waals surface area contributed by atoms with Crippen LogP contribution in [0.2, 0.25) is 0 Å². The minimum atomic E-state index is -0.291. The van der Waals surface area contributed by atoms with Gasteiger partial charge >= 0.3 is 0 Å². The molecule has 0 amide bonds. The highest BCUT2D eigenvalue weighted by molar-refractivity contribution is 9.10. The maximum absolute atomic E-state index is 13.5. The molecular weight excluding hydrogens is 323 g/mol. The predicted octanol–water partition coefficient (Wildman–Crippen LogP) is 3.23. The quantitative estimate of drug-likeness (QED) is 0.737. The van der Waals surface area contributed by atoms with Gasteiger partial charge in [-0.3, -0.25) is 0 Å². The van der Waals surface area contributed by atoms with Gasteiger partial charge in [-0.1, -0.05) is 15.9 Å². The van der Waals surface area contributed by atoms with Crippen molar-refractivity contribution in [2.24, 2.45) is 7.05 Å². The van der Waals surface area contributed by atoms with Crippen molar-refractivity contribution >= 4 is 15.9 Å². The van der Waals surface area contributed by atoms with Gasteiger partial charge in [0.05, 0.1) is 6.54 Å². The fourth-order valence-electron chi connectivity index (χ4n) is 2.08. The lowest BCUT2D eigenvalue weighted by molar-refractivity contribution is 0.627. The Morgan fingerprint density at radius 3 is 2.65 bits per heavy atom. The van der Waals surface area contributed by atoms with Crippen LogP contribution >= 0.6 is 15.9 Å². The molecule has 2 aromatic heterocycles. The van der Waals surface area contributed by atoms with Crippen molar-refractivity contribution < 1.29 is 4.39 Å². The van der Waals surface area contributed by atoms with Gasteiger partial charge in [0.15, 0.2) is 0 Å². The molecule has 0 saturated carbocycles. The van der Waals surface area contributed by atoms with Crippen LogP contribution in [0.1, 0.15) is 5.82 Å². The van der Waals surface area contributed by atoms with Crippen LogP contribution in [0.25, 0.3) is 11.4 Å². The van der Waals surface area contributed by atoms with Gasteiger partial charge in [-0.15, -0.1) is 0 Å². The molecule has 0 atom stereocenters. The summed E-state index contributed by atoms with van der Waals surface area (Å²) in [5, 5.41) is 0. The molecule has 0 unspecified atom stereocenters. The molecule has 0 radical (unpaired) electrons. The van der Waals surface area contributed by atoms with Crippen LogP contribution in [0.4, 0.5) is 4.39 Å². The van der Waals surface area contributed by atoms with Crippen molar-refractivity contribution in [1.29, 1.82) is 0 Å². The SMILES string of the molecule is Cn1ccnc1Cn1ccnc1-c1cc(F)cc(Br)c1. The summed E-state index contributed by atoms with van der Waals surface area (Å²) < 4.78 is 18.1. The van der Waals surface area contributed by atoms with Gasteiger partial charge in [-0.2, -0.15) is 0 Å². The number of imidazole rings is 2. The molecule has 0 aliphatic heterocycles. The Balaban J connectivity index is 1.99. The molecule has 0 spiro atoms. The highest BCUT2D eigenvalue weighted by Crippen LogP contribution is 2.23. The molecule has 20 heavy (non-hydrogen) atoms. The number of hydrogen-bond acceptors (Lipinski definition) is 2. The van der Waals surface area contributed by atoms with E-state index in [0.29, 0.717) is 16.8 Å². The third-order valence-electron chi connectivity index (χ3n) is 3.07. The first-order valence-electron chi connectivity index (χ1n) is 6.07. The first kappa shape index (κ1) is 13.1. The summed E-state index contributed by atoms with van der Waals surface area (Å²) in [6.07, 6.45) is 7.22. The molecule has 0 bridgehead atoms. The summed E-state index contributed by atoms with van der Waals surface area (Å²) in [6, 6.07) is 4.75. The van der Waals surface area contributed by atoms with Gasteiger partial charge in [0.1, 0.15) is 17.5 Å². The van der Waals surface area contributed by atoms with E-state index in [1.807, 2.05) is 34.6 Å². The second kappa shape index (κ2) is 5.20. The topological polar surface area (TPSA) is 35.6 Å². The Hall–Kier alpha value is -1.95. The molecule has 3 rings (SSSR count). The number of aryl methyl sites for hydroxylation is 1. The van der Waals surface area contributed by atoms with E-state index in [0.717, 1.165) is 11.4 Å². The van der Waals surface area contributed by atoms with Crippen molar-refractivity contribution in [3.8, 4) is 11.4 Å². The molecule has 0 saturated heterocycles. The van der Waals surface area contributed by atoms with Gasteiger partial charge in [-0.25, -0.2) is 14.4 Å². The second-order valence-electron chi connectivity index (χ2n) is 4.49. The molecule has 0 aliphatic rings. The summed E-state index contributed by atoms with van der Waals surface area (Å²) in [5.41, 5.74) is 0.732. The largest absolute Gasteiger partial charge is 0.337 e. The fourth-order valence-corrected chi connectivity index (χ4v) is 2.55. The summed E-state index contributed by atoms with van der Waals surface area (Å²) in [5.74, 6) is 1.34. The van der Waals surface area contributed by atoms with Crippen molar-refractivity contribution in [3.63, 3.8) is 0 Å². The van der Waals surface area contributed by atoms with Gasteiger partial charge in [0.25, 0.3) is 0 Å². The van der Waals surface area contributed by atoms with Crippen LogP contribution in [0.3, 0.4) is 0 Å². The van der Waals surface area contributed by atoms with Crippen LogP contribution in [-0.4, -0.2) is 19.1 Å². The molecule has 1 aromatic carbocycles. The minimum absolute atomic E-state index is 0.291. The van der Waals surface area contributed by atoms with Gasteiger partial charge in [0, 0.05) is 41.9 Å². The van der Waals surface area contributed by atoms with E-state index in [-0.39, 0.29) is 5.82 Å². The van der Waals surface area contributed by atoms with E-state index in [1.54, 1.807) is 12.4 Å². The maximum atomic E-state index is 13.5. The van der Waals surface area contributed by atoms with Crippen molar-refractivity contribution in [1.82, 2.24) is 19.1 Å². The van der Waals surface area contributed by atoms with E-state index in [1.165, 1.54) is 12.1 Å². The van der Waals surface area contributed by atoms with E-state index < -0.39 is 0 Å². The van der Waals surface area contributed by atoms with Gasteiger partial charge in [-0.05, 0) is 18.2 Å². The molecule has 0 fully saturated rings. The molecule has 0 N–H and O–H groups in total. The van der Waals surface area contributed by atoms with Crippen LogP contribution in [0, 0.1) is 5.82 Å².